The fraction of sp³-hybridized carbons (Fsp3) is 0.200. The number of rotatable bonds is 4. The highest BCUT2D eigenvalue weighted by Gasteiger charge is 2.11. The Bertz CT molecular complexity index is 538. The molecule has 88 valence electrons. The maximum absolute atomic E-state index is 10.9. The number of aryl methyl sites for hydroxylation is 1. The number of pyridine rings is 1. The molecule has 0 saturated heterocycles. The first-order valence-electron chi connectivity index (χ1n) is 4.81. The Morgan fingerprint density at radius 1 is 1.59 bits per heavy atom. The molecular weight excluding hydrogens is 224 g/mol. The maximum atomic E-state index is 10.9. The van der Waals surface area contributed by atoms with E-state index in [1.54, 1.807) is 17.9 Å². The van der Waals surface area contributed by atoms with Crippen molar-refractivity contribution < 1.29 is 14.6 Å². The smallest absolute Gasteiger partial charge is 0.339 e. The SMILES string of the molecule is Cn1cnnc1COc1cnccc1C(=O)O. The van der Waals surface area contributed by atoms with Crippen molar-refractivity contribution in [3.05, 3.63) is 36.2 Å². The van der Waals surface area contributed by atoms with Crippen LogP contribution in [0, 0.1) is 0 Å². The van der Waals surface area contributed by atoms with Crippen molar-refractivity contribution in [3.8, 4) is 5.75 Å². The third-order valence-electron chi connectivity index (χ3n) is 2.18. The summed E-state index contributed by atoms with van der Waals surface area (Å²) >= 11 is 0. The lowest BCUT2D eigenvalue weighted by Crippen LogP contribution is -2.07. The van der Waals surface area contributed by atoms with Crippen molar-refractivity contribution in [2.24, 2.45) is 7.05 Å². The molecule has 0 radical (unpaired) electrons. The van der Waals surface area contributed by atoms with Crippen LogP contribution in [0.4, 0.5) is 0 Å². The van der Waals surface area contributed by atoms with Crippen molar-refractivity contribution in [3.63, 3.8) is 0 Å². The van der Waals surface area contributed by atoms with E-state index < -0.39 is 5.97 Å². The first-order valence-corrected chi connectivity index (χ1v) is 4.81. The van der Waals surface area contributed by atoms with E-state index in [4.69, 9.17) is 9.84 Å². The van der Waals surface area contributed by atoms with Gasteiger partial charge >= 0.3 is 5.97 Å². The summed E-state index contributed by atoms with van der Waals surface area (Å²) in [5.74, 6) is -0.242. The molecule has 0 saturated carbocycles. The third-order valence-corrected chi connectivity index (χ3v) is 2.18. The van der Waals surface area contributed by atoms with Crippen molar-refractivity contribution in [2.75, 3.05) is 0 Å². The molecule has 0 aliphatic rings. The number of ether oxygens (including phenoxy) is 1. The van der Waals surface area contributed by atoms with E-state index in [2.05, 4.69) is 15.2 Å². The molecule has 2 aromatic heterocycles. The summed E-state index contributed by atoms with van der Waals surface area (Å²) in [7, 11) is 1.78. The Labute approximate surface area is 96.7 Å². The molecular formula is C10H10N4O3. The van der Waals surface area contributed by atoms with Gasteiger partial charge in [0, 0.05) is 13.2 Å². The summed E-state index contributed by atoms with van der Waals surface area (Å²) in [4.78, 5) is 14.7. The summed E-state index contributed by atoms with van der Waals surface area (Å²) in [6, 6.07) is 1.38. The molecule has 1 N–H and O–H groups in total. The molecule has 2 rings (SSSR count). The summed E-state index contributed by atoms with van der Waals surface area (Å²) in [6.45, 7) is 0.141. The van der Waals surface area contributed by atoms with E-state index in [1.165, 1.54) is 18.5 Å². The number of carbonyl (C=O) groups is 1. The minimum absolute atomic E-state index is 0.0715. The number of aromatic nitrogens is 4. The predicted octanol–water partition coefficient (Wildman–Crippen LogP) is 0.487. The third kappa shape index (κ3) is 2.39. The lowest BCUT2D eigenvalue weighted by atomic mass is 10.2. The van der Waals surface area contributed by atoms with Gasteiger partial charge in [0.25, 0.3) is 0 Å². The summed E-state index contributed by atoms with van der Waals surface area (Å²) in [5, 5.41) is 16.5. The van der Waals surface area contributed by atoms with Crippen LogP contribution in [0.5, 0.6) is 5.75 Å². The molecule has 0 unspecified atom stereocenters. The van der Waals surface area contributed by atoms with Gasteiger partial charge in [-0.25, -0.2) is 4.79 Å². The number of nitrogens with zero attached hydrogens (tertiary/aromatic N) is 4. The Hall–Kier alpha value is -2.44. The Kier molecular flexibility index (Phi) is 2.99. The van der Waals surface area contributed by atoms with Gasteiger partial charge in [-0.3, -0.25) is 4.98 Å². The zero-order chi connectivity index (χ0) is 12.3. The molecule has 0 aliphatic carbocycles. The molecule has 0 aliphatic heterocycles. The first-order chi connectivity index (χ1) is 8.18. The van der Waals surface area contributed by atoms with Crippen molar-refractivity contribution in [1.29, 1.82) is 0 Å². The van der Waals surface area contributed by atoms with Gasteiger partial charge in [-0.2, -0.15) is 0 Å². The molecule has 2 aromatic rings. The molecule has 17 heavy (non-hydrogen) atoms. The average Bonchev–Trinajstić information content (AvgIpc) is 2.72. The van der Waals surface area contributed by atoms with Crippen LogP contribution in [0.3, 0.4) is 0 Å². The van der Waals surface area contributed by atoms with Crippen molar-refractivity contribution in [2.45, 2.75) is 6.61 Å². The number of carboxylic acids is 1. The Morgan fingerprint density at radius 3 is 3.06 bits per heavy atom. The normalized spacial score (nSPS) is 10.2. The highest BCUT2D eigenvalue weighted by molar-refractivity contribution is 5.90. The van der Waals surface area contributed by atoms with Gasteiger partial charge in [-0.1, -0.05) is 0 Å². The second-order valence-electron chi connectivity index (χ2n) is 3.32. The Balaban J connectivity index is 2.14. The quantitative estimate of drug-likeness (QED) is 0.827. The molecule has 0 atom stereocenters. The highest BCUT2D eigenvalue weighted by atomic mass is 16.5. The van der Waals surface area contributed by atoms with Gasteiger partial charge in [0.2, 0.25) is 0 Å². The van der Waals surface area contributed by atoms with E-state index >= 15 is 0 Å². The van der Waals surface area contributed by atoms with E-state index in [0.29, 0.717) is 5.82 Å². The highest BCUT2D eigenvalue weighted by Crippen LogP contribution is 2.17. The summed E-state index contributed by atoms with van der Waals surface area (Å²) in [5.41, 5.74) is 0.0715. The predicted molar refractivity (Wildman–Crippen MR) is 56.5 cm³/mol. The van der Waals surface area contributed by atoms with Crippen LogP contribution in [-0.2, 0) is 13.7 Å². The average molecular weight is 234 g/mol. The molecule has 2 heterocycles. The van der Waals surface area contributed by atoms with E-state index in [-0.39, 0.29) is 17.9 Å². The zero-order valence-corrected chi connectivity index (χ0v) is 9.07. The van der Waals surface area contributed by atoms with Crippen molar-refractivity contribution >= 4 is 5.97 Å². The van der Waals surface area contributed by atoms with Gasteiger partial charge < -0.3 is 14.4 Å². The Morgan fingerprint density at radius 2 is 2.41 bits per heavy atom. The zero-order valence-electron chi connectivity index (χ0n) is 9.07. The number of aromatic carboxylic acids is 1. The lowest BCUT2D eigenvalue weighted by Gasteiger charge is -2.07. The summed E-state index contributed by atoms with van der Waals surface area (Å²) in [6.07, 6.45) is 4.30. The number of hydrogen-bond donors (Lipinski definition) is 1. The van der Waals surface area contributed by atoms with E-state index in [1.807, 2.05) is 0 Å². The standard InChI is InChI=1S/C10H10N4O3/c1-14-6-12-13-9(14)5-17-8-4-11-3-2-7(8)10(15)16/h2-4,6H,5H2,1H3,(H,15,16). The van der Waals surface area contributed by atoms with Gasteiger partial charge in [-0.15, -0.1) is 10.2 Å². The van der Waals surface area contributed by atoms with Gasteiger partial charge in [0.15, 0.2) is 11.6 Å². The second kappa shape index (κ2) is 4.60. The minimum Gasteiger partial charge on any atom is -0.483 e. The van der Waals surface area contributed by atoms with Crippen LogP contribution in [0.2, 0.25) is 0 Å². The monoisotopic (exact) mass is 234 g/mol. The van der Waals surface area contributed by atoms with Crippen LogP contribution >= 0.6 is 0 Å². The molecule has 0 spiro atoms. The molecule has 0 amide bonds. The van der Waals surface area contributed by atoms with Crippen molar-refractivity contribution in [1.82, 2.24) is 19.7 Å². The fourth-order valence-electron chi connectivity index (χ4n) is 1.25. The lowest BCUT2D eigenvalue weighted by molar-refractivity contribution is 0.0691. The van der Waals surface area contributed by atoms with Crippen LogP contribution < -0.4 is 4.74 Å². The largest absolute Gasteiger partial charge is 0.483 e. The molecule has 0 bridgehead atoms. The van der Waals surface area contributed by atoms with E-state index in [9.17, 15) is 4.79 Å². The minimum atomic E-state index is -1.06. The number of hydrogen-bond acceptors (Lipinski definition) is 5. The maximum Gasteiger partial charge on any atom is 0.339 e. The van der Waals surface area contributed by atoms with Gasteiger partial charge in [-0.05, 0) is 6.07 Å². The van der Waals surface area contributed by atoms with Crippen LogP contribution in [0.15, 0.2) is 24.8 Å². The molecule has 7 heteroatoms. The fourth-order valence-corrected chi connectivity index (χ4v) is 1.25. The number of carboxylic acid groups (broad SMARTS) is 1. The van der Waals surface area contributed by atoms with Crippen LogP contribution in [0.1, 0.15) is 16.2 Å². The van der Waals surface area contributed by atoms with Gasteiger partial charge in [0.1, 0.15) is 18.5 Å². The molecule has 0 fully saturated rings. The topological polar surface area (TPSA) is 90.1 Å². The van der Waals surface area contributed by atoms with Gasteiger partial charge in [0.05, 0.1) is 6.20 Å². The second-order valence-corrected chi connectivity index (χ2v) is 3.32. The van der Waals surface area contributed by atoms with Crippen LogP contribution in [0.25, 0.3) is 0 Å². The molecule has 7 nitrogen and oxygen atoms in total. The summed E-state index contributed by atoms with van der Waals surface area (Å²) < 4.78 is 7.05. The van der Waals surface area contributed by atoms with E-state index in [0.717, 1.165) is 0 Å². The molecule has 0 aromatic carbocycles. The first kappa shape index (κ1) is 11.1. The van der Waals surface area contributed by atoms with Crippen LogP contribution in [-0.4, -0.2) is 30.8 Å².